The van der Waals surface area contributed by atoms with E-state index >= 15 is 0 Å². The third-order valence-electron chi connectivity index (χ3n) is 5.38. The van der Waals surface area contributed by atoms with Gasteiger partial charge in [-0.15, -0.1) is 0 Å². The summed E-state index contributed by atoms with van der Waals surface area (Å²) >= 11 is 2.02. The molecule has 0 saturated carbocycles. The number of aryl methyl sites for hydroxylation is 2. The molecule has 0 amide bonds. The van der Waals surface area contributed by atoms with Crippen LogP contribution < -0.4 is 9.47 Å². The lowest BCUT2D eigenvalue weighted by Gasteiger charge is -2.13. The molecule has 0 spiro atoms. The molecule has 36 heavy (non-hydrogen) atoms. The fourth-order valence-electron chi connectivity index (χ4n) is 3.56. The number of nitro groups is 1. The Kier molecular flexibility index (Phi) is 7.15. The van der Waals surface area contributed by atoms with Crippen LogP contribution in [0.1, 0.15) is 32.6 Å². The average Bonchev–Trinajstić information content (AvgIpc) is 3.20. The molecule has 3 aromatic rings. The number of hydrogen-bond donors (Lipinski definition) is 0. The van der Waals surface area contributed by atoms with Crippen molar-refractivity contribution >= 4 is 52.2 Å². The summed E-state index contributed by atoms with van der Waals surface area (Å²) in [6, 6.07) is 14.8. The third-order valence-corrected chi connectivity index (χ3v) is 6.18. The second kappa shape index (κ2) is 10.3. The molecule has 0 fully saturated rings. The summed E-state index contributed by atoms with van der Waals surface area (Å²) in [6.45, 7) is 3.42. The fraction of sp³-hybridized carbons (Fsp3) is 0.115. The number of carbonyl (C=O) groups is 2. The van der Waals surface area contributed by atoms with Gasteiger partial charge in [0.1, 0.15) is 0 Å². The lowest BCUT2D eigenvalue weighted by atomic mass is 10.1. The minimum atomic E-state index is -0.662. The largest absolute Gasteiger partial charge is 0.493 e. The third kappa shape index (κ3) is 5.13. The van der Waals surface area contributed by atoms with Crippen LogP contribution in [-0.2, 0) is 9.53 Å². The molecule has 0 atom stereocenters. The van der Waals surface area contributed by atoms with Gasteiger partial charge in [0.05, 0.1) is 21.2 Å². The molecule has 4 rings (SSSR count). The van der Waals surface area contributed by atoms with Gasteiger partial charge in [0.2, 0.25) is 5.90 Å². The van der Waals surface area contributed by atoms with Gasteiger partial charge in [-0.3, -0.25) is 10.1 Å². The topological polar surface area (TPSA) is 117 Å². The van der Waals surface area contributed by atoms with Crippen molar-refractivity contribution in [3.05, 3.63) is 102 Å². The molecule has 0 bridgehead atoms. The first-order chi connectivity index (χ1) is 17.2. The fourth-order valence-corrected chi connectivity index (χ4v) is 4.29. The van der Waals surface area contributed by atoms with E-state index in [1.54, 1.807) is 31.2 Å². The standard InChI is InChI=1S/C26H19IN2O7/c1-14-6-4-5-7-18(14)25(30)35-23-19(27)11-16(13-22(23)34-3)12-20-26(31)36-24(28-20)17-8-9-21(29(32)33)15(2)10-17/h4-13H,1-3H3/b20-12-. The van der Waals surface area contributed by atoms with Crippen LogP contribution in [0.3, 0.4) is 0 Å². The smallest absolute Gasteiger partial charge is 0.363 e. The van der Waals surface area contributed by atoms with Crippen molar-refractivity contribution in [2.75, 3.05) is 7.11 Å². The number of benzene rings is 3. The number of methoxy groups -OCH3 is 1. The first kappa shape index (κ1) is 25.0. The zero-order valence-electron chi connectivity index (χ0n) is 19.4. The van der Waals surface area contributed by atoms with E-state index in [4.69, 9.17) is 14.2 Å². The quantitative estimate of drug-likeness (QED) is 0.0933. The van der Waals surface area contributed by atoms with Crippen LogP contribution in [0.4, 0.5) is 5.69 Å². The summed E-state index contributed by atoms with van der Waals surface area (Å²) in [5, 5.41) is 11.1. The Labute approximate surface area is 219 Å². The van der Waals surface area contributed by atoms with E-state index in [9.17, 15) is 19.7 Å². The van der Waals surface area contributed by atoms with Crippen LogP contribution >= 0.6 is 22.6 Å². The first-order valence-corrected chi connectivity index (χ1v) is 11.7. The molecule has 0 aliphatic carbocycles. The molecule has 0 aromatic heterocycles. The summed E-state index contributed by atoms with van der Waals surface area (Å²) in [5.41, 5.74) is 2.67. The van der Waals surface area contributed by atoms with Crippen molar-refractivity contribution in [1.29, 1.82) is 0 Å². The normalized spacial score (nSPS) is 13.8. The van der Waals surface area contributed by atoms with Gasteiger partial charge in [0, 0.05) is 17.2 Å². The lowest BCUT2D eigenvalue weighted by Crippen LogP contribution is -2.11. The van der Waals surface area contributed by atoms with Crippen molar-refractivity contribution in [2.24, 2.45) is 4.99 Å². The van der Waals surface area contributed by atoms with E-state index in [1.165, 1.54) is 31.4 Å². The lowest BCUT2D eigenvalue weighted by molar-refractivity contribution is -0.385. The number of rotatable bonds is 6. The molecular formula is C26H19IN2O7. The number of nitro benzene ring substituents is 1. The van der Waals surface area contributed by atoms with Gasteiger partial charge < -0.3 is 14.2 Å². The molecule has 3 aromatic carbocycles. The second-order valence-electron chi connectivity index (χ2n) is 7.83. The zero-order valence-corrected chi connectivity index (χ0v) is 21.6. The van der Waals surface area contributed by atoms with Crippen molar-refractivity contribution in [2.45, 2.75) is 13.8 Å². The minimum absolute atomic E-state index is 0.0377. The van der Waals surface area contributed by atoms with Crippen molar-refractivity contribution in [3.63, 3.8) is 0 Å². The number of cyclic esters (lactones) is 1. The molecule has 0 N–H and O–H groups in total. The molecule has 1 aliphatic rings. The molecule has 0 saturated heterocycles. The highest BCUT2D eigenvalue weighted by atomic mass is 127. The maximum atomic E-state index is 12.7. The van der Waals surface area contributed by atoms with Crippen LogP contribution in [-0.4, -0.2) is 29.9 Å². The van der Waals surface area contributed by atoms with E-state index in [-0.39, 0.29) is 23.0 Å². The number of esters is 2. The van der Waals surface area contributed by atoms with Crippen LogP contribution in [0.25, 0.3) is 6.08 Å². The number of carbonyl (C=O) groups excluding carboxylic acids is 2. The van der Waals surface area contributed by atoms with Gasteiger partial charge in [-0.2, -0.15) is 0 Å². The van der Waals surface area contributed by atoms with E-state index in [2.05, 4.69) is 4.99 Å². The Morgan fingerprint density at radius 3 is 2.53 bits per heavy atom. The SMILES string of the molecule is COc1cc(/C=C2\N=C(c3ccc([N+](=O)[O-])c(C)c3)OC2=O)cc(I)c1OC(=O)c1ccccc1C. The van der Waals surface area contributed by atoms with Crippen molar-refractivity contribution in [3.8, 4) is 11.5 Å². The Hall–Kier alpha value is -4.06. The molecule has 1 heterocycles. The molecule has 0 unspecified atom stereocenters. The minimum Gasteiger partial charge on any atom is -0.493 e. The van der Waals surface area contributed by atoms with Crippen LogP contribution in [0.2, 0.25) is 0 Å². The van der Waals surface area contributed by atoms with Gasteiger partial charge in [-0.05, 0) is 84.0 Å². The molecule has 1 aliphatic heterocycles. The molecular weight excluding hydrogens is 579 g/mol. The predicted molar refractivity (Wildman–Crippen MR) is 140 cm³/mol. The average molecular weight is 598 g/mol. The van der Waals surface area contributed by atoms with Crippen LogP contribution in [0.5, 0.6) is 11.5 Å². The summed E-state index contributed by atoms with van der Waals surface area (Å²) in [5.74, 6) is -0.563. The highest BCUT2D eigenvalue weighted by molar-refractivity contribution is 14.1. The second-order valence-corrected chi connectivity index (χ2v) is 9.00. The molecule has 182 valence electrons. The van der Waals surface area contributed by atoms with E-state index in [0.717, 1.165) is 5.56 Å². The Morgan fingerprint density at radius 1 is 1.11 bits per heavy atom. The maximum absolute atomic E-state index is 12.7. The Balaban J connectivity index is 1.63. The van der Waals surface area contributed by atoms with E-state index < -0.39 is 16.9 Å². The van der Waals surface area contributed by atoms with Gasteiger partial charge in [-0.1, -0.05) is 18.2 Å². The highest BCUT2D eigenvalue weighted by Gasteiger charge is 2.26. The molecule has 10 heteroatoms. The molecule has 9 nitrogen and oxygen atoms in total. The van der Waals surface area contributed by atoms with Crippen molar-refractivity contribution in [1.82, 2.24) is 0 Å². The number of nitrogens with zero attached hydrogens (tertiary/aromatic N) is 2. The zero-order chi connectivity index (χ0) is 26.0. The molecule has 0 radical (unpaired) electrons. The van der Waals surface area contributed by atoms with Gasteiger partial charge >= 0.3 is 11.9 Å². The van der Waals surface area contributed by atoms with Crippen molar-refractivity contribution < 1.29 is 28.7 Å². The summed E-state index contributed by atoms with van der Waals surface area (Å²) in [4.78, 5) is 40.0. The van der Waals surface area contributed by atoms with Gasteiger partial charge in [-0.25, -0.2) is 14.6 Å². The Morgan fingerprint density at radius 2 is 1.86 bits per heavy atom. The number of aliphatic imine (C=N–C) groups is 1. The Bertz CT molecular complexity index is 1480. The monoisotopic (exact) mass is 598 g/mol. The number of hydrogen-bond acceptors (Lipinski definition) is 8. The summed E-state index contributed by atoms with van der Waals surface area (Å²) < 4.78 is 16.9. The maximum Gasteiger partial charge on any atom is 0.363 e. The van der Waals surface area contributed by atoms with Gasteiger partial charge in [0.15, 0.2) is 17.2 Å². The van der Waals surface area contributed by atoms with E-state index in [0.29, 0.717) is 31.6 Å². The highest BCUT2D eigenvalue weighted by Crippen LogP contribution is 2.36. The summed E-state index contributed by atoms with van der Waals surface area (Å²) in [7, 11) is 1.45. The number of ether oxygens (including phenoxy) is 3. The van der Waals surface area contributed by atoms with Crippen LogP contribution in [0, 0.1) is 27.5 Å². The number of halogens is 1. The summed E-state index contributed by atoms with van der Waals surface area (Å²) in [6.07, 6.45) is 1.52. The van der Waals surface area contributed by atoms with E-state index in [1.807, 2.05) is 41.6 Å². The predicted octanol–water partition coefficient (Wildman–Crippen LogP) is 5.39. The van der Waals surface area contributed by atoms with Gasteiger partial charge in [0.25, 0.3) is 5.69 Å². The van der Waals surface area contributed by atoms with Crippen LogP contribution in [0.15, 0.2) is 65.3 Å². The first-order valence-electron chi connectivity index (χ1n) is 10.6.